The van der Waals surface area contributed by atoms with E-state index in [1.807, 2.05) is 37.4 Å². The molecule has 2 aromatic carbocycles. The first kappa shape index (κ1) is 23.7. The predicted molar refractivity (Wildman–Crippen MR) is 133 cm³/mol. The first-order valence-corrected chi connectivity index (χ1v) is 11.9. The molecule has 1 amide bonds. The highest BCUT2D eigenvalue weighted by molar-refractivity contribution is 5.94. The lowest BCUT2D eigenvalue weighted by molar-refractivity contribution is -0.120. The van der Waals surface area contributed by atoms with E-state index in [2.05, 4.69) is 5.32 Å². The quantitative estimate of drug-likeness (QED) is 0.462. The van der Waals surface area contributed by atoms with Gasteiger partial charge in [-0.2, -0.15) is 0 Å². The highest BCUT2D eigenvalue weighted by Gasteiger charge is 2.23. The van der Waals surface area contributed by atoms with Crippen LogP contribution in [0.4, 0.5) is 10.1 Å². The van der Waals surface area contributed by atoms with Crippen LogP contribution in [0.5, 0.6) is 5.75 Å². The molecule has 1 aliphatic carbocycles. The highest BCUT2D eigenvalue weighted by Crippen LogP contribution is 2.30. The van der Waals surface area contributed by atoms with Gasteiger partial charge in [-0.1, -0.05) is 49.9 Å². The van der Waals surface area contributed by atoms with Gasteiger partial charge in [0.25, 0.3) is 5.56 Å². The number of hydrogen-bond donors (Lipinski definition) is 1. The molecule has 4 rings (SSSR count). The summed E-state index contributed by atoms with van der Waals surface area (Å²) in [5.74, 6) is 0.261. The number of aromatic nitrogens is 1. The first-order chi connectivity index (χ1) is 16.5. The summed E-state index contributed by atoms with van der Waals surface area (Å²) < 4.78 is 20.3. The standard InChI is InChI=1S/C28H31FN2O3/c1-19-25(21-11-15-24(34-2)16-12-21)18-31(17-20-9-13-23(29)14-10-20)28(33)26(19)30-27(32)22-7-5-3-4-6-8-22/h9-16,18,22H,3-8,17H2,1-2H3,(H,30,32). The third-order valence-corrected chi connectivity index (χ3v) is 6.68. The van der Waals surface area contributed by atoms with Crippen molar-refractivity contribution in [2.75, 3.05) is 12.4 Å². The van der Waals surface area contributed by atoms with Crippen LogP contribution in [0, 0.1) is 18.7 Å². The van der Waals surface area contributed by atoms with Gasteiger partial charge in [0.15, 0.2) is 0 Å². The van der Waals surface area contributed by atoms with Crippen LogP contribution in [-0.4, -0.2) is 17.6 Å². The fraction of sp³-hybridized carbons (Fsp3) is 0.357. The molecule has 0 bridgehead atoms. The summed E-state index contributed by atoms with van der Waals surface area (Å²) in [7, 11) is 1.62. The minimum absolute atomic E-state index is 0.0727. The molecule has 0 radical (unpaired) electrons. The van der Waals surface area contributed by atoms with Crippen molar-refractivity contribution >= 4 is 11.6 Å². The second kappa shape index (κ2) is 10.7. The van der Waals surface area contributed by atoms with E-state index in [1.54, 1.807) is 23.8 Å². The van der Waals surface area contributed by atoms with E-state index in [-0.39, 0.29) is 29.7 Å². The molecule has 1 saturated carbocycles. The van der Waals surface area contributed by atoms with Gasteiger partial charge < -0.3 is 14.6 Å². The minimum Gasteiger partial charge on any atom is -0.497 e. The maximum atomic E-state index is 13.5. The summed E-state index contributed by atoms with van der Waals surface area (Å²) in [6.45, 7) is 2.14. The zero-order chi connectivity index (χ0) is 24.1. The second-order valence-electron chi connectivity index (χ2n) is 9.01. The number of carbonyl (C=O) groups is 1. The average molecular weight is 463 g/mol. The molecule has 3 aromatic rings. The van der Waals surface area contributed by atoms with E-state index in [4.69, 9.17) is 4.74 Å². The van der Waals surface area contributed by atoms with Crippen LogP contribution in [0.25, 0.3) is 11.1 Å². The number of methoxy groups -OCH3 is 1. The molecule has 0 atom stereocenters. The Morgan fingerprint density at radius 2 is 1.68 bits per heavy atom. The second-order valence-corrected chi connectivity index (χ2v) is 9.01. The smallest absolute Gasteiger partial charge is 0.274 e. The van der Waals surface area contributed by atoms with E-state index < -0.39 is 0 Å². The van der Waals surface area contributed by atoms with E-state index in [1.165, 1.54) is 12.1 Å². The van der Waals surface area contributed by atoms with Gasteiger partial charge in [-0.25, -0.2) is 4.39 Å². The van der Waals surface area contributed by atoms with Gasteiger partial charge in [0, 0.05) is 17.7 Å². The van der Waals surface area contributed by atoms with Crippen molar-refractivity contribution in [2.24, 2.45) is 5.92 Å². The van der Waals surface area contributed by atoms with Crippen molar-refractivity contribution in [1.29, 1.82) is 0 Å². The van der Waals surface area contributed by atoms with Gasteiger partial charge >= 0.3 is 0 Å². The molecule has 34 heavy (non-hydrogen) atoms. The molecule has 0 saturated heterocycles. The van der Waals surface area contributed by atoms with Crippen molar-refractivity contribution in [3.8, 4) is 16.9 Å². The van der Waals surface area contributed by atoms with Crippen molar-refractivity contribution in [3.63, 3.8) is 0 Å². The lowest BCUT2D eigenvalue weighted by atomic mass is 9.98. The van der Waals surface area contributed by atoms with E-state index in [0.717, 1.165) is 66.5 Å². The fourth-order valence-electron chi connectivity index (χ4n) is 4.63. The SMILES string of the molecule is COc1ccc(-c2cn(Cc3ccc(F)cc3)c(=O)c(NC(=O)C3CCCCCC3)c2C)cc1. The molecular formula is C28H31FN2O3. The lowest BCUT2D eigenvalue weighted by Gasteiger charge is -2.19. The predicted octanol–water partition coefficient (Wildman–Crippen LogP) is 5.93. The van der Waals surface area contributed by atoms with Crippen molar-refractivity contribution in [1.82, 2.24) is 4.57 Å². The van der Waals surface area contributed by atoms with Crippen LogP contribution < -0.4 is 15.6 Å². The van der Waals surface area contributed by atoms with Gasteiger partial charge in [0.05, 0.1) is 13.7 Å². The molecule has 1 fully saturated rings. The Labute approximate surface area is 199 Å². The van der Waals surface area contributed by atoms with Crippen molar-refractivity contribution in [3.05, 3.63) is 82.0 Å². The molecule has 1 heterocycles. The molecular weight excluding hydrogens is 431 g/mol. The van der Waals surface area contributed by atoms with Crippen LogP contribution >= 0.6 is 0 Å². The van der Waals surface area contributed by atoms with Crippen molar-refractivity contribution < 1.29 is 13.9 Å². The molecule has 0 aliphatic heterocycles. The normalized spacial score (nSPS) is 14.4. The maximum absolute atomic E-state index is 13.5. The minimum atomic E-state index is -0.324. The maximum Gasteiger partial charge on any atom is 0.274 e. The number of nitrogens with one attached hydrogen (secondary N) is 1. The summed E-state index contributed by atoms with van der Waals surface area (Å²) in [4.78, 5) is 26.6. The monoisotopic (exact) mass is 462 g/mol. The third kappa shape index (κ3) is 5.38. The molecule has 1 aromatic heterocycles. The number of ether oxygens (including phenoxy) is 1. The van der Waals surface area contributed by atoms with E-state index in [0.29, 0.717) is 5.69 Å². The van der Waals surface area contributed by atoms with E-state index >= 15 is 0 Å². The number of carbonyl (C=O) groups excluding carboxylic acids is 1. The average Bonchev–Trinajstić information content (AvgIpc) is 3.15. The van der Waals surface area contributed by atoms with E-state index in [9.17, 15) is 14.0 Å². The summed E-state index contributed by atoms with van der Waals surface area (Å²) in [6, 6.07) is 13.7. The molecule has 1 N–H and O–H groups in total. The van der Waals surface area contributed by atoms with Crippen LogP contribution in [0.1, 0.15) is 49.7 Å². The van der Waals surface area contributed by atoms with Gasteiger partial charge in [0.2, 0.25) is 5.91 Å². The number of pyridine rings is 1. The molecule has 1 aliphatic rings. The number of rotatable bonds is 6. The van der Waals surface area contributed by atoms with Crippen LogP contribution in [-0.2, 0) is 11.3 Å². The Bertz CT molecular complexity index is 1190. The summed E-state index contributed by atoms with van der Waals surface area (Å²) in [6.07, 6.45) is 7.90. The topological polar surface area (TPSA) is 60.3 Å². The zero-order valence-corrected chi connectivity index (χ0v) is 19.8. The van der Waals surface area contributed by atoms with Crippen LogP contribution in [0.15, 0.2) is 59.5 Å². The zero-order valence-electron chi connectivity index (χ0n) is 19.8. The van der Waals surface area contributed by atoms with Gasteiger partial charge in [-0.3, -0.25) is 9.59 Å². The van der Waals surface area contributed by atoms with Crippen LogP contribution in [0.3, 0.4) is 0 Å². The highest BCUT2D eigenvalue weighted by atomic mass is 19.1. The molecule has 6 heteroatoms. The Hall–Kier alpha value is -3.41. The Morgan fingerprint density at radius 3 is 2.29 bits per heavy atom. The molecule has 0 spiro atoms. The molecule has 5 nitrogen and oxygen atoms in total. The fourth-order valence-corrected chi connectivity index (χ4v) is 4.63. The third-order valence-electron chi connectivity index (χ3n) is 6.68. The Morgan fingerprint density at radius 1 is 1.03 bits per heavy atom. The number of halogens is 1. The molecule has 178 valence electrons. The van der Waals surface area contributed by atoms with Crippen molar-refractivity contribution in [2.45, 2.75) is 52.0 Å². The Kier molecular flexibility index (Phi) is 7.46. The van der Waals surface area contributed by atoms with Gasteiger partial charge in [-0.05, 0) is 60.7 Å². The number of nitrogens with zero attached hydrogens (tertiary/aromatic N) is 1. The Balaban J connectivity index is 1.75. The summed E-state index contributed by atoms with van der Waals surface area (Å²) in [5, 5.41) is 2.99. The number of anilines is 1. The first-order valence-electron chi connectivity index (χ1n) is 11.9. The lowest BCUT2D eigenvalue weighted by Crippen LogP contribution is -2.30. The van der Waals surface area contributed by atoms with Crippen LogP contribution in [0.2, 0.25) is 0 Å². The van der Waals surface area contributed by atoms with Gasteiger partial charge in [0.1, 0.15) is 17.3 Å². The van der Waals surface area contributed by atoms with Gasteiger partial charge in [-0.15, -0.1) is 0 Å². The number of benzene rings is 2. The number of hydrogen-bond acceptors (Lipinski definition) is 3. The summed E-state index contributed by atoms with van der Waals surface area (Å²) in [5.41, 5.74) is 3.34. The largest absolute Gasteiger partial charge is 0.497 e. The molecule has 0 unspecified atom stereocenters. The summed E-state index contributed by atoms with van der Waals surface area (Å²) >= 11 is 0. The number of amides is 1.